The van der Waals surface area contributed by atoms with Crippen LogP contribution in [0.3, 0.4) is 0 Å². The standard InChI is InChI=1S/C18H24N4O5.ClH/c1-25-13-8-11(7-12-10-21-18(20)22-17(12)19)9-14(26-2)16(13)27-6-4-3-5-15(23)24;/h8-10H,3-7H2,1-2H3,(H,23,24)(H4,19,20,21,22);1H. The van der Waals surface area contributed by atoms with Crippen molar-refractivity contribution in [3.05, 3.63) is 29.5 Å². The topological polar surface area (TPSA) is 143 Å². The van der Waals surface area contributed by atoms with Crippen LogP contribution in [0, 0.1) is 0 Å². The van der Waals surface area contributed by atoms with E-state index in [0.29, 0.717) is 48.9 Å². The highest BCUT2D eigenvalue weighted by Crippen LogP contribution is 2.39. The van der Waals surface area contributed by atoms with E-state index in [4.69, 9.17) is 30.8 Å². The lowest BCUT2D eigenvalue weighted by Gasteiger charge is -2.16. The molecule has 0 unspecified atom stereocenters. The number of hydrogen-bond acceptors (Lipinski definition) is 8. The van der Waals surface area contributed by atoms with Crippen molar-refractivity contribution < 1.29 is 24.1 Å². The maximum atomic E-state index is 10.6. The first-order valence-electron chi connectivity index (χ1n) is 8.41. The van der Waals surface area contributed by atoms with E-state index in [1.165, 1.54) is 14.2 Å². The monoisotopic (exact) mass is 412 g/mol. The molecule has 28 heavy (non-hydrogen) atoms. The smallest absolute Gasteiger partial charge is 0.303 e. The molecule has 10 heteroatoms. The maximum absolute atomic E-state index is 10.6. The van der Waals surface area contributed by atoms with Gasteiger partial charge in [0.2, 0.25) is 11.7 Å². The number of aliphatic carboxylic acids is 1. The Morgan fingerprint density at radius 1 is 1.14 bits per heavy atom. The van der Waals surface area contributed by atoms with Gasteiger partial charge in [-0.1, -0.05) is 0 Å². The van der Waals surface area contributed by atoms with E-state index in [2.05, 4.69) is 9.97 Å². The molecule has 2 aromatic rings. The zero-order chi connectivity index (χ0) is 19.8. The summed E-state index contributed by atoms with van der Waals surface area (Å²) in [6.45, 7) is 0.359. The van der Waals surface area contributed by atoms with Gasteiger partial charge in [0, 0.05) is 24.6 Å². The summed E-state index contributed by atoms with van der Waals surface area (Å²) in [6, 6.07) is 3.65. The summed E-state index contributed by atoms with van der Waals surface area (Å²) in [7, 11) is 3.08. The molecule has 0 radical (unpaired) electrons. The number of nitrogen functional groups attached to an aromatic ring is 2. The molecule has 0 fully saturated rings. The number of carbonyl (C=O) groups is 1. The largest absolute Gasteiger partial charge is 0.493 e. The lowest BCUT2D eigenvalue weighted by molar-refractivity contribution is -0.137. The van der Waals surface area contributed by atoms with Crippen LogP contribution < -0.4 is 25.7 Å². The van der Waals surface area contributed by atoms with Gasteiger partial charge in [-0.15, -0.1) is 12.4 Å². The third-order valence-electron chi connectivity index (χ3n) is 3.86. The van der Waals surface area contributed by atoms with Crippen LogP contribution in [0.2, 0.25) is 0 Å². The molecular weight excluding hydrogens is 388 g/mol. The highest BCUT2D eigenvalue weighted by molar-refractivity contribution is 5.85. The van der Waals surface area contributed by atoms with Crippen LogP contribution in [0.4, 0.5) is 11.8 Å². The molecule has 0 amide bonds. The van der Waals surface area contributed by atoms with Crippen molar-refractivity contribution in [1.82, 2.24) is 9.97 Å². The molecular formula is C18H25ClN4O5. The molecule has 5 N–H and O–H groups in total. The predicted octanol–water partition coefficient (Wildman–Crippen LogP) is 2.30. The summed E-state index contributed by atoms with van der Waals surface area (Å²) in [5.41, 5.74) is 13.0. The van der Waals surface area contributed by atoms with E-state index in [-0.39, 0.29) is 24.8 Å². The van der Waals surface area contributed by atoms with Gasteiger partial charge >= 0.3 is 5.97 Å². The van der Waals surface area contributed by atoms with Crippen molar-refractivity contribution in [3.8, 4) is 17.2 Å². The highest BCUT2D eigenvalue weighted by Gasteiger charge is 2.15. The minimum Gasteiger partial charge on any atom is -0.493 e. The van der Waals surface area contributed by atoms with Crippen molar-refractivity contribution in [3.63, 3.8) is 0 Å². The second kappa shape index (κ2) is 11.0. The van der Waals surface area contributed by atoms with Crippen molar-refractivity contribution in [2.45, 2.75) is 25.7 Å². The van der Waals surface area contributed by atoms with E-state index in [1.54, 1.807) is 6.20 Å². The first-order valence-corrected chi connectivity index (χ1v) is 8.41. The second-order valence-electron chi connectivity index (χ2n) is 5.84. The zero-order valence-electron chi connectivity index (χ0n) is 15.8. The molecule has 0 aliphatic carbocycles. The van der Waals surface area contributed by atoms with Crippen LogP contribution in [0.25, 0.3) is 0 Å². The van der Waals surface area contributed by atoms with Crippen molar-refractivity contribution in [2.24, 2.45) is 0 Å². The lowest BCUT2D eigenvalue weighted by atomic mass is 10.1. The molecule has 0 saturated heterocycles. The summed E-state index contributed by atoms with van der Waals surface area (Å²) >= 11 is 0. The number of carboxylic acid groups (broad SMARTS) is 1. The number of nitrogens with two attached hydrogens (primary N) is 2. The number of benzene rings is 1. The minimum absolute atomic E-state index is 0. The Morgan fingerprint density at radius 3 is 2.32 bits per heavy atom. The summed E-state index contributed by atoms with van der Waals surface area (Å²) in [4.78, 5) is 18.5. The van der Waals surface area contributed by atoms with Gasteiger partial charge in [-0.05, 0) is 30.5 Å². The molecule has 0 spiro atoms. The Bertz CT molecular complexity index is 779. The fraction of sp³-hybridized carbons (Fsp3) is 0.389. The number of rotatable bonds is 10. The van der Waals surface area contributed by atoms with E-state index >= 15 is 0 Å². The number of anilines is 2. The number of halogens is 1. The molecule has 0 atom stereocenters. The molecule has 1 aromatic heterocycles. The van der Waals surface area contributed by atoms with Gasteiger partial charge in [-0.3, -0.25) is 4.79 Å². The SMILES string of the molecule is COc1cc(Cc2cnc(N)nc2N)cc(OC)c1OCCCCC(=O)O.Cl. The van der Waals surface area contributed by atoms with Crippen LogP contribution in [0.15, 0.2) is 18.3 Å². The molecule has 0 saturated carbocycles. The normalized spacial score (nSPS) is 10.1. The fourth-order valence-electron chi connectivity index (χ4n) is 2.52. The number of ether oxygens (including phenoxy) is 3. The van der Waals surface area contributed by atoms with Gasteiger partial charge < -0.3 is 30.8 Å². The van der Waals surface area contributed by atoms with Crippen molar-refractivity contribution >= 4 is 30.1 Å². The molecule has 1 aromatic carbocycles. The van der Waals surface area contributed by atoms with Gasteiger partial charge in [-0.2, -0.15) is 4.98 Å². The number of aromatic nitrogens is 2. The van der Waals surface area contributed by atoms with Crippen molar-refractivity contribution in [1.29, 1.82) is 0 Å². The Morgan fingerprint density at radius 2 is 1.79 bits per heavy atom. The number of carboxylic acids is 1. The van der Waals surface area contributed by atoms with E-state index in [1.807, 2.05) is 12.1 Å². The average Bonchev–Trinajstić information content (AvgIpc) is 2.63. The molecule has 2 rings (SSSR count). The quantitative estimate of drug-likeness (QED) is 0.500. The highest BCUT2D eigenvalue weighted by atomic mass is 35.5. The summed E-state index contributed by atoms with van der Waals surface area (Å²) < 4.78 is 16.6. The Balaban J connectivity index is 0.00000392. The number of hydrogen-bond donors (Lipinski definition) is 3. The molecule has 0 aliphatic heterocycles. The average molecular weight is 413 g/mol. The van der Waals surface area contributed by atoms with E-state index < -0.39 is 5.97 Å². The van der Waals surface area contributed by atoms with Gasteiger partial charge in [-0.25, -0.2) is 4.98 Å². The molecule has 0 aliphatic rings. The van der Waals surface area contributed by atoms with Crippen LogP contribution >= 0.6 is 12.4 Å². The zero-order valence-corrected chi connectivity index (χ0v) is 16.6. The fourth-order valence-corrected chi connectivity index (χ4v) is 2.52. The van der Waals surface area contributed by atoms with E-state index in [9.17, 15) is 4.79 Å². The Kier molecular flexibility index (Phi) is 9.10. The molecule has 9 nitrogen and oxygen atoms in total. The van der Waals surface area contributed by atoms with Gasteiger partial charge in [0.05, 0.1) is 20.8 Å². The first kappa shape index (κ1) is 23.1. The lowest BCUT2D eigenvalue weighted by Crippen LogP contribution is -2.06. The molecule has 1 heterocycles. The Hall–Kier alpha value is -2.94. The molecule has 154 valence electrons. The number of methoxy groups -OCH3 is 2. The number of nitrogens with zero attached hydrogens (tertiary/aromatic N) is 2. The van der Waals surface area contributed by atoms with Crippen LogP contribution in [-0.2, 0) is 11.2 Å². The van der Waals surface area contributed by atoms with Gasteiger partial charge in [0.1, 0.15) is 5.82 Å². The predicted molar refractivity (Wildman–Crippen MR) is 107 cm³/mol. The Labute approximate surface area is 169 Å². The van der Waals surface area contributed by atoms with E-state index in [0.717, 1.165) is 11.1 Å². The first-order chi connectivity index (χ1) is 12.9. The minimum atomic E-state index is -0.819. The number of unbranched alkanes of at least 4 members (excludes halogenated alkanes) is 1. The van der Waals surface area contributed by atoms with Crippen LogP contribution in [0.1, 0.15) is 30.4 Å². The summed E-state index contributed by atoms with van der Waals surface area (Å²) in [5.74, 6) is 1.12. The van der Waals surface area contributed by atoms with Gasteiger partial charge in [0.15, 0.2) is 11.5 Å². The second-order valence-corrected chi connectivity index (χ2v) is 5.84. The third-order valence-corrected chi connectivity index (χ3v) is 3.86. The summed E-state index contributed by atoms with van der Waals surface area (Å²) in [5, 5.41) is 8.67. The summed E-state index contributed by atoms with van der Waals surface area (Å²) in [6.07, 6.45) is 3.32. The van der Waals surface area contributed by atoms with Crippen molar-refractivity contribution in [2.75, 3.05) is 32.3 Å². The van der Waals surface area contributed by atoms with Gasteiger partial charge in [0.25, 0.3) is 0 Å². The van der Waals surface area contributed by atoms with Crippen LogP contribution in [-0.4, -0.2) is 41.9 Å². The maximum Gasteiger partial charge on any atom is 0.303 e. The third kappa shape index (κ3) is 6.34. The van der Waals surface area contributed by atoms with Crippen LogP contribution in [0.5, 0.6) is 17.2 Å². The molecule has 0 bridgehead atoms.